The van der Waals surface area contributed by atoms with E-state index in [0.717, 1.165) is 0 Å². The van der Waals surface area contributed by atoms with Gasteiger partial charge in [-0.05, 0) is 41.5 Å². The van der Waals surface area contributed by atoms with Crippen LogP contribution in [0, 0.1) is 0 Å². The Morgan fingerprint density at radius 3 is 2.12 bits per heavy atom. The van der Waals surface area contributed by atoms with Crippen LogP contribution in [-0.4, -0.2) is 17.0 Å². The summed E-state index contributed by atoms with van der Waals surface area (Å²) in [6.07, 6.45) is 0. The van der Waals surface area contributed by atoms with Crippen LogP contribution >= 0.6 is 11.6 Å². The van der Waals surface area contributed by atoms with Crippen molar-refractivity contribution >= 4 is 29.2 Å². The molecule has 1 unspecified atom stereocenters. The highest BCUT2D eigenvalue weighted by Gasteiger charge is 2.25. The van der Waals surface area contributed by atoms with Crippen molar-refractivity contribution in [2.45, 2.75) is 5.92 Å². The van der Waals surface area contributed by atoms with E-state index in [4.69, 9.17) is 11.6 Å². The van der Waals surface area contributed by atoms with Gasteiger partial charge in [0.25, 0.3) is 5.91 Å². The quantitative estimate of drug-likeness (QED) is 0.682. The molecule has 0 bridgehead atoms. The van der Waals surface area contributed by atoms with Crippen LogP contribution < -0.4 is 5.32 Å². The highest BCUT2D eigenvalue weighted by molar-refractivity contribution is 6.30. The highest BCUT2D eigenvalue weighted by atomic mass is 35.5. The predicted octanol–water partition coefficient (Wildman–Crippen LogP) is 4.81. The number of carbonyl (C=O) groups excluding carboxylic acids is 1. The van der Waals surface area contributed by atoms with E-state index in [1.807, 2.05) is 12.1 Å². The van der Waals surface area contributed by atoms with E-state index in [1.54, 1.807) is 66.7 Å². The second-order valence-corrected chi connectivity index (χ2v) is 6.17. The van der Waals surface area contributed by atoms with E-state index >= 15 is 0 Å². The Hall–Kier alpha value is -3.11. The van der Waals surface area contributed by atoms with E-state index in [2.05, 4.69) is 5.32 Å². The molecule has 0 heterocycles. The Kier molecular flexibility index (Phi) is 5.34. The molecule has 2 N–H and O–H groups in total. The van der Waals surface area contributed by atoms with Gasteiger partial charge in [-0.25, -0.2) is 0 Å². The molecule has 0 saturated carbocycles. The van der Waals surface area contributed by atoms with Crippen molar-refractivity contribution in [1.82, 2.24) is 0 Å². The molecule has 0 aliphatic carbocycles. The number of anilines is 1. The van der Waals surface area contributed by atoms with Gasteiger partial charge in [-0.2, -0.15) is 0 Å². The van der Waals surface area contributed by atoms with Gasteiger partial charge in [0.1, 0.15) is 5.92 Å². The number of amides is 1. The maximum atomic E-state index is 12.5. The molecule has 26 heavy (non-hydrogen) atoms. The van der Waals surface area contributed by atoms with E-state index in [1.165, 1.54) is 0 Å². The fourth-order valence-electron chi connectivity index (χ4n) is 2.77. The molecule has 4 nitrogen and oxygen atoms in total. The number of carbonyl (C=O) groups is 2. The lowest BCUT2D eigenvalue weighted by Gasteiger charge is -2.18. The number of carboxylic acid groups (broad SMARTS) is 1. The van der Waals surface area contributed by atoms with Crippen molar-refractivity contribution in [3.8, 4) is 0 Å². The molecule has 3 aromatic rings. The number of rotatable bonds is 5. The first-order valence-electron chi connectivity index (χ1n) is 8.00. The molecule has 0 fully saturated rings. The van der Waals surface area contributed by atoms with Gasteiger partial charge in [-0.15, -0.1) is 0 Å². The minimum Gasteiger partial charge on any atom is -0.481 e. The molecule has 0 aliphatic heterocycles. The monoisotopic (exact) mass is 365 g/mol. The minimum absolute atomic E-state index is 0.314. The van der Waals surface area contributed by atoms with Crippen molar-refractivity contribution in [3.05, 3.63) is 101 Å². The van der Waals surface area contributed by atoms with Crippen molar-refractivity contribution in [3.63, 3.8) is 0 Å². The van der Waals surface area contributed by atoms with Gasteiger partial charge in [0.2, 0.25) is 0 Å². The molecule has 5 heteroatoms. The topological polar surface area (TPSA) is 66.4 Å². The van der Waals surface area contributed by atoms with Crippen LogP contribution in [0.3, 0.4) is 0 Å². The Bertz CT molecular complexity index is 927. The van der Waals surface area contributed by atoms with Crippen LogP contribution in [0.25, 0.3) is 0 Å². The Morgan fingerprint density at radius 1 is 0.885 bits per heavy atom. The molecular formula is C21H16ClNO3. The number of halogens is 1. The SMILES string of the molecule is O=C(Nc1ccc(Cl)cc1C(C(=O)O)c1ccccc1)c1ccccc1. The first kappa shape index (κ1) is 17.7. The summed E-state index contributed by atoms with van der Waals surface area (Å²) < 4.78 is 0. The maximum absolute atomic E-state index is 12.5. The summed E-state index contributed by atoms with van der Waals surface area (Å²) in [5.41, 5.74) is 1.94. The summed E-state index contributed by atoms with van der Waals surface area (Å²) in [5.74, 6) is -2.28. The first-order valence-corrected chi connectivity index (χ1v) is 8.37. The van der Waals surface area contributed by atoms with Crippen LogP contribution in [0.4, 0.5) is 5.69 Å². The number of carboxylic acids is 1. The number of nitrogens with one attached hydrogen (secondary N) is 1. The number of hydrogen-bond donors (Lipinski definition) is 2. The number of hydrogen-bond acceptors (Lipinski definition) is 2. The van der Waals surface area contributed by atoms with Gasteiger partial charge >= 0.3 is 5.97 Å². The molecule has 0 saturated heterocycles. The summed E-state index contributed by atoms with van der Waals surface area (Å²) in [6, 6.07) is 22.4. The second-order valence-electron chi connectivity index (χ2n) is 5.73. The Morgan fingerprint density at radius 2 is 1.50 bits per heavy atom. The molecule has 1 atom stereocenters. The third kappa shape index (κ3) is 3.92. The molecule has 3 aromatic carbocycles. The normalized spacial score (nSPS) is 11.6. The van der Waals surface area contributed by atoms with Crippen molar-refractivity contribution < 1.29 is 14.7 Å². The predicted molar refractivity (Wildman–Crippen MR) is 102 cm³/mol. The van der Waals surface area contributed by atoms with Crippen LogP contribution in [0.15, 0.2) is 78.9 Å². The zero-order valence-corrected chi connectivity index (χ0v) is 14.5. The average Bonchev–Trinajstić information content (AvgIpc) is 2.65. The molecule has 1 amide bonds. The molecule has 0 spiro atoms. The summed E-state index contributed by atoms with van der Waals surface area (Å²) in [6.45, 7) is 0. The van der Waals surface area contributed by atoms with Crippen LogP contribution in [-0.2, 0) is 4.79 Å². The molecule has 0 radical (unpaired) electrons. The van der Waals surface area contributed by atoms with E-state index in [0.29, 0.717) is 27.4 Å². The van der Waals surface area contributed by atoms with Gasteiger partial charge in [-0.1, -0.05) is 60.1 Å². The molecule has 0 aromatic heterocycles. The van der Waals surface area contributed by atoms with Crippen LogP contribution in [0.2, 0.25) is 5.02 Å². The third-order valence-corrected chi connectivity index (χ3v) is 4.22. The third-order valence-electron chi connectivity index (χ3n) is 3.99. The standard InChI is InChI=1S/C21H16ClNO3/c22-16-11-12-18(23-20(24)15-9-5-2-6-10-15)17(13-16)19(21(25)26)14-7-3-1-4-8-14/h1-13,19H,(H,23,24)(H,25,26). The fourth-order valence-corrected chi connectivity index (χ4v) is 2.95. The summed E-state index contributed by atoms with van der Waals surface area (Å²) in [5, 5.41) is 13.0. The van der Waals surface area contributed by atoms with Gasteiger partial charge in [0.15, 0.2) is 0 Å². The Labute approximate surface area is 156 Å². The van der Waals surface area contributed by atoms with Crippen LogP contribution in [0.1, 0.15) is 27.4 Å². The van der Waals surface area contributed by atoms with Crippen molar-refractivity contribution in [2.24, 2.45) is 0 Å². The van der Waals surface area contributed by atoms with Crippen LogP contribution in [0.5, 0.6) is 0 Å². The average molecular weight is 366 g/mol. The molecule has 3 rings (SSSR count). The highest BCUT2D eigenvalue weighted by Crippen LogP contribution is 2.33. The van der Waals surface area contributed by atoms with Gasteiger partial charge in [-0.3, -0.25) is 9.59 Å². The second kappa shape index (κ2) is 7.85. The largest absolute Gasteiger partial charge is 0.481 e. The van der Waals surface area contributed by atoms with E-state index < -0.39 is 11.9 Å². The lowest BCUT2D eigenvalue weighted by atomic mass is 9.90. The van der Waals surface area contributed by atoms with Crippen molar-refractivity contribution in [2.75, 3.05) is 5.32 Å². The first-order chi connectivity index (χ1) is 12.6. The Balaban J connectivity index is 2.02. The van der Waals surface area contributed by atoms with Gasteiger partial charge in [0.05, 0.1) is 0 Å². The lowest BCUT2D eigenvalue weighted by molar-refractivity contribution is -0.137. The number of benzene rings is 3. The van der Waals surface area contributed by atoms with Gasteiger partial charge < -0.3 is 10.4 Å². The van der Waals surface area contributed by atoms with Crippen molar-refractivity contribution in [1.29, 1.82) is 0 Å². The summed E-state index contributed by atoms with van der Waals surface area (Å²) >= 11 is 6.10. The zero-order valence-electron chi connectivity index (χ0n) is 13.7. The lowest BCUT2D eigenvalue weighted by Crippen LogP contribution is -2.18. The number of aliphatic carboxylic acids is 1. The summed E-state index contributed by atoms with van der Waals surface area (Å²) in [4.78, 5) is 24.5. The van der Waals surface area contributed by atoms with Gasteiger partial charge in [0, 0.05) is 16.3 Å². The molecular weight excluding hydrogens is 350 g/mol. The van der Waals surface area contributed by atoms with E-state index in [-0.39, 0.29) is 5.91 Å². The fraction of sp³-hybridized carbons (Fsp3) is 0.0476. The molecule has 130 valence electrons. The maximum Gasteiger partial charge on any atom is 0.315 e. The van der Waals surface area contributed by atoms with E-state index in [9.17, 15) is 14.7 Å². The summed E-state index contributed by atoms with van der Waals surface area (Å²) in [7, 11) is 0. The minimum atomic E-state index is -1.02. The zero-order chi connectivity index (χ0) is 18.5. The smallest absolute Gasteiger partial charge is 0.315 e. The molecule has 0 aliphatic rings.